The molecular weight excluding hydrogens is 246 g/mol. The summed E-state index contributed by atoms with van der Waals surface area (Å²) in [6, 6.07) is 3.19. The monoisotopic (exact) mass is 268 g/mol. The molecule has 0 aromatic heterocycles. The van der Waals surface area contributed by atoms with Crippen LogP contribution in [0.1, 0.15) is 26.3 Å². The zero-order valence-corrected chi connectivity index (χ0v) is 12.0. The number of piperazine rings is 1. The summed E-state index contributed by atoms with van der Waals surface area (Å²) in [5, 5.41) is 3.38. The molecule has 2 atom stereocenters. The van der Waals surface area contributed by atoms with E-state index in [4.69, 9.17) is 0 Å². The van der Waals surface area contributed by atoms with E-state index in [0.29, 0.717) is 18.0 Å². The summed E-state index contributed by atoms with van der Waals surface area (Å²) in [6.45, 7) is 9.26. The van der Waals surface area contributed by atoms with Crippen molar-refractivity contribution < 1.29 is 8.78 Å². The molecule has 0 aliphatic carbocycles. The number of anilines is 1. The summed E-state index contributed by atoms with van der Waals surface area (Å²) in [7, 11) is 0. The maximum Gasteiger partial charge on any atom is 0.152 e. The van der Waals surface area contributed by atoms with Crippen LogP contribution in [-0.2, 0) is 0 Å². The van der Waals surface area contributed by atoms with E-state index < -0.39 is 11.6 Å². The van der Waals surface area contributed by atoms with Crippen LogP contribution in [0.2, 0.25) is 0 Å². The average molecular weight is 268 g/mol. The maximum atomic E-state index is 14.3. The number of nitrogens with one attached hydrogen (secondary N) is 1. The molecular formula is C15H22F2N2. The Morgan fingerprint density at radius 3 is 2.63 bits per heavy atom. The molecule has 0 saturated carbocycles. The number of hydrogen-bond acceptors (Lipinski definition) is 2. The van der Waals surface area contributed by atoms with Crippen LogP contribution in [-0.4, -0.2) is 25.2 Å². The highest BCUT2D eigenvalue weighted by Gasteiger charge is 2.31. The Kier molecular flexibility index (Phi) is 4.09. The molecule has 2 unspecified atom stereocenters. The van der Waals surface area contributed by atoms with Gasteiger partial charge in [0.25, 0.3) is 0 Å². The lowest BCUT2D eigenvalue weighted by Crippen LogP contribution is -2.58. The van der Waals surface area contributed by atoms with Crippen molar-refractivity contribution in [2.75, 3.05) is 18.0 Å². The van der Waals surface area contributed by atoms with Crippen LogP contribution in [0.3, 0.4) is 0 Å². The van der Waals surface area contributed by atoms with Gasteiger partial charge in [0.1, 0.15) is 11.5 Å². The van der Waals surface area contributed by atoms with Crippen LogP contribution in [0, 0.1) is 24.5 Å². The van der Waals surface area contributed by atoms with Crippen LogP contribution in [0.15, 0.2) is 12.1 Å². The molecule has 2 rings (SSSR count). The Morgan fingerprint density at radius 1 is 1.32 bits per heavy atom. The van der Waals surface area contributed by atoms with E-state index in [1.165, 1.54) is 12.1 Å². The molecule has 0 radical (unpaired) electrons. The Hall–Kier alpha value is -1.16. The molecule has 1 saturated heterocycles. The molecule has 1 aliphatic rings. The van der Waals surface area contributed by atoms with Gasteiger partial charge in [0.2, 0.25) is 0 Å². The minimum Gasteiger partial charge on any atom is -0.361 e. The third-order valence-corrected chi connectivity index (χ3v) is 3.86. The molecule has 0 bridgehead atoms. The third kappa shape index (κ3) is 2.73. The van der Waals surface area contributed by atoms with E-state index in [0.717, 1.165) is 6.54 Å². The first-order valence-corrected chi connectivity index (χ1v) is 6.86. The van der Waals surface area contributed by atoms with Gasteiger partial charge in [-0.05, 0) is 31.4 Å². The molecule has 106 valence electrons. The molecule has 1 N–H and O–H groups in total. The van der Waals surface area contributed by atoms with Crippen molar-refractivity contribution >= 4 is 5.69 Å². The lowest BCUT2D eigenvalue weighted by Gasteiger charge is -2.43. The average Bonchev–Trinajstić information content (AvgIpc) is 2.34. The molecule has 1 heterocycles. The van der Waals surface area contributed by atoms with Crippen LogP contribution >= 0.6 is 0 Å². The van der Waals surface area contributed by atoms with E-state index in [9.17, 15) is 8.78 Å². The molecule has 4 heteroatoms. The molecule has 0 amide bonds. The highest BCUT2D eigenvalue weighted by atomic mass is 19.1. The van der Waals surface area contributed by atoms with E-state index in [-0.39, 0.29) is 17.8 Å². The lowest BCUT2D eigenvalue weighted by atomic mass is 9.97. The third-order valence-electron chi connectivity index (χ3n) is 3.86. The molecule has 0 spiro atoms. The largest absolute Gasteiger partial charge is 0.361 e. The second kappa shape index (κ2) is 5.45. The zero-order chi connectivity index (χ0) is 14.2. The SMILES string of the molecule is Cc1ccc(F)c(N2CC(C)NCC2C(C)C)c1F. The van der Waals surface area contributed by atoms with Gasteiger partial charge in [0, 0.05) is 25.2 Å². The fourth-order valence-corrected chi connectivity index (χ4v) is 2.68. The van der Waals surface area contributed by atoms with Gasteiger partial charge >= 0.3 is 0 Å². The first kappa shape index (κ1) is 14.3. The van der Waals surface area contributed by atoms with E-state index >= 15 is 0 Å². The van der Waals surface area contributed by atoms with Crippen LogP contribution in [0.4, 0.5) is 14.5 Å². The molecule has 1 aromatic rings. The van der Waals surface area contributed by atoms with Crippen molar-refractivity contribution in [2.45, 2.75) is 39.8 Å². The van der Waals surface area contributed by atoms with Gasteiger partial charge in [0.05, 0.1) is 0 Å². The highest BCUT2D eigenvalue weighted by Crippen LogP contribution is 2.30. The van der Waals surface area contributed by atoms with Crippen molar-refractivity contribution in [2.24, 2.45) is 5.92 Å². The summed E-state index contributed by atoms with van der Waals surface area (Å²) >= 11 is 0. The zero-order valence-electron chi connectivity index (χ0n) is 12.0. The first-order valence-electron chi connectivity index (χ1n) is 6.86. The van der Waals surface area contributed by atoms with Crippen molar-refractivity contribution in [3.8, 4) is 0 Å². The number of rotatable bonds is 2. The Morgan fingerprint density at radius 2 is 2.00 bits per heavy atom. The number of benzene rings is 1. The second-order valence-electron chi connectivity index (χ2n) is 5.80. The normalized spacial score (nSPS) is 24.1. The van der Waals surface area contributed by atoms with Crippen LogP contribution in [0.5, 0.6) is 0 Å². The van der Waals surface area contributed by atoms with Gasteiger partial charge in [-0.2, -0.15) is 0 Å². The summed E-state index contributed by atoms with van der Waals surface area (Å²) in [4.78, 5) is 1.89. The number of hydrogen-bond donors (Lipinski definition) is 1. The number of aryl methyl sites for hydroxylation is 1. The molecule has 1 aliphatic heterocycles. The lowest BCUT2D eigenvalue weighted by molar-refractivity contribution is 0.342. The minimum absolute atomic E-state index is 0.113. The standard InChI is InChI=1S/C15H22F2N2/c1-9(2)13-7-18-11(4)8-19(13)15-12(16)6-5-10(3)14(15)17/h5-6,9,11,13,18H,7-8H2,1-4H3. The van der Waals surface area contributed by atoms with Gasteiger partial charge < -0.3 is 10.2 Å². The van der Waals surface area contributed by atoms with Gasteiger partial charge in [0.15, 0.2) is 5.82 Å². The second-order valence-corrected chi connectivity index (χ2v) is 5.80. The van der Waals surface area contributed by atoms with E-state index in [2.05, 4.69) is 19.2 Å². The predicted octanol–water partition coefficient (Wildman–Crippen LogP) is 3.10. The first-order chi connectivity index (χ1) is 8.91. The van der Waals surface area contributed by atoms with E-state index in [1.54, 1.807) is 6.92 Å². The molecule has 2 nitrogen and oxygen atoms in total. The van der Waals surface area contributed by atoms with Crippen molar-refractivity contribution in [3.05, 3.63) is 29.3 Å². The number of nitrogens with zero attached hydrogens (tertiary/aromatic N) is 1. The van der Waals surface area contributed by atoms with Gasteiger partial charge in [-0.3, -0.25) is 0 Å². The topological polar surface area (TPSA) is 15.3 Å². The van der Waals surface area contributed by atoms with Crippen molar-refractivity contribution in [1.82, 2.24) is 5.32 Å². The fraction of sp³-hybridized carbons (Fsp3) is 0.600. The van der Waals surface area contributed by atoms with E-state index in [1.807, 2.05) is 11.8 Å². The summed E-state index contributed by atoms with van der Waals surface area (Å²) < 4.78 is 28.4. The molecule has 19 heavy (non-hydrogen) atoms. The van der Waals surface area contributed by atoms with Crippen molar-refractivity contribution in [1.29, 1.82) is 0 Å². The summed E-state index contributed by atoms with van der Waals surface area (Å²) in [6.07, 6.45) is 0. The predicted molar refractivity (Wildman–Crippen MR) is 74.5 cm³/mol. The van der Waals surface area contributed by atoms with Crippen LogP contribution < -0.4 is 10.2 Å². The quantitative estimate of drug-likeness (QED) is 0.886. The summed E-state index contributed by atoms with van der Waals surface area (Å²) in [5.74, 6) is -0.568. The Labute approximate surface area is 113 Å². The highest BCUT2D eigenvalue weighted by molar-refractivity contribution is 5.53. The minimum atomic E-state index is -0.470. The Balaban J connectivity index is 2.44. The van der Waals surface area contributed by atoms with Gasteiger partial charge in [-0.1, -0.05) is 19.9 Å². The van der Waals surface area contributed by atoms with Gasteiger partial charge in [-0.25, -0.2) is 8.78 Å². The molecule has 1 fully saturated rings. The number of halogens is 2. The maximum absolute atomic E-state index is 14.3. The Bertz CT molecular complexity index is 460. The molecule has 1 aromatic carbocycles. The summed E-state index contributed by atoms with van der Waals surface area (Å²) in [5.41, 5.74) is 0.622. The smallest absolute Gasteiger partial charge is 0.152 e. The fourth-order valence-electron chi connectivity index (χ4n) is 2.68. The van der Waals surface area contributed by atoms with Crippen molar-refractivity contribution in [3.63, 3.8) is 0 Å². The van der Waals surface area contributed by atoms with Crippen LogP contribution in [0.25, 0.3) is 0 Å². The van der Waals surface area contributed by atoms with Gasteiger partial charge in [-0.15, -0.1) is 0 Å².